The van der Waals surface area contributed by atoms with Crippen molar-refractivity contribution in [1.29, 1.82) is 0 Å². The van der Waals surface area contributed by atoms with Crippen molar-refractivity contribution in [3.63, 3.8) is 0 Å². The van der Waals surface area contributed by atoms with Gasteiger partial charge in [0, 0.05) is 12.6 Å². The number of hydrogen-bond acceptors (Lipinski definition) is 3. The van der Waals surface area contributed by atoms with Crippen LogP contribution in [0.4, 0.5) is 5.82 Å². The number of nitrogens with one attached hydrogen (secondary N) is 1. The summed E-state index contributed by atoms with van der Waals surface area (Å²) in [4.78, 5) is 15.9. The number of carbonyl (C=O) groups is 1. The van der Waals surface area contributed by atoms with Crippen molar-refractivity contribution in [1.82, 2.24) is 4.98 Å². The fourth-order valence-corrected chi connectivity index (χ4v) is 1.86. The highest BCUT2D eigenvalue weighted by molar-refractivity contribution is 5.89. The molecule has 1 amide bonds. The first-order valence-corrected chi connectivity index (χ1v) is 6.58. The van der Waals surface area contributed by atoms with Gasteiger partial charge in [-0.1, -0.05) is 29.8 Å². The van der Waals surface area contributed by atoms with Crippen LogP contribution in [-0.4, -0.2) is 16.0 Å². The molecule has 0 spiro atoms. The van der Waals surface area contributed by atoms with Crippen LogP contribution in [0, 0.1) is 6.92 Å². The molecule has 0 atom stereocenters. The highest BCUT2D eigenvalue weighted by atomic mass is 16.3. The molecule has 1 aromatic heterocycles. The molecule has 0 bridgehead atoms. The Hall–Kier alpha value is -2.20. The molecular formula is C16H18N2O2. The quantitative estimate of drug-likeness (QED) is 0.877. The second kappa shape index (κ2) is 6.82. The molecule has 104 valence electrons. The summed E-state index contributed by atoms with van der Waals surface area (Å²) in [5.41, 5.74) is 3.08. The van der Waals surface area contributed by atoms with Gasteiger partial charge in [-0.25, -0.2) is 4.98 Å². The molecular weight excluding hydrogens is 252 g/mol. The van der Waals surface area contributed by atoms with Gasteiger partial charge >= 0.3 is 0 Å². The minimum Gasteiger partial charge on any atom is -0.392 e. The number of anilines is 1. The van der Waals surface area contributed by atoms with Crippen LogP contribution in [-0.2, 0) is 17.8 Å². The summed E-state index contributed by atoms with van der Waals surface area (Å²) in [7, 11) is 0. The van der Waals surface area contributed by atoms with Crippen molar-refractivity contribution >= 4 is 11.7 Å². The fourth-order valence-electron chi connectivity index (χ4n) is 1.86. The molecule has 0 aliphatic carbocycles. The lowest BCUT2D eigenvalue weighted by molar-refractivity contribution is -0.116. The third-order valence-corrected chi connectivity index (χ3v) is 3.04. The molecule has 1 heterocycles. The number of amides is 1. The van der Waals surface area contributed by atoms with E-state index in [1.807, 2.05) is 31.2 Å². The first-order valence-electron chi connectivity index (χ1n) is 6.58. The van der Waals surface area contributed by atoms with Crippen molar-refractivity contribution in [2.75, 3.05) is 5.32 Å². The van der Waals surface area contributed by atoms with Crippen molar-refractivity contribution in [3.8, 4) is 0 Å². The largest absolute Gasteiger partial charge is 0.392 e. The fraction of sp³-hybridized carbons (Fsp3) is 0.250. The molecule has 2 rings (SSSR count). The van der Waals surface area contributed by atoms with E-state index in [1.165, 1.54) is 5.56 Å². The van der Waals surface area contributed by atoms with E-state index < -0.39 is 0 Å². The Labute approximate surface area is 118 Å². The molecule has 20 heavy (non-hydrogen) atoms. The van der Waals surface area contributed by atoms with Gasteiger partial charge in [0.25, 0.3) is 0 Å². The Bertz CT molecular complexity index is 579. The van der Waals surface area contributed by atoms with E-state index in [-0.39, 0.29) is 12.5 Å². The molecule has 0 fully saturated rings. The summed E-state index contributed by atoms with van der Waals surface area (Å²) in [6.45, 7) is 1.98. The summed E-state index contributed by atoms with van der Waals surface area (Å²) in [5, 5.41) is 11.8. The SMILES string of the molecule is Cc1ccc(CCC(=O)Nc2cc(CO)ccn2)cc1. The van der Waals surface area contributed by atoms with Crippen molar-refractivity contribution in [3.05, 3.63) is 59.3 Å². The molecule has 2 N–H and O–H groups in total. The van der Waals surface area contributed by atoms with Crippen LogP contribution in [0.1, 0.15) is 23.1 Å². The summed E-state index contributed by atoms with van der Waals surface area (Å²) in [6, 6.07) is 11.5. The van der Waals surface area contributed by atoms with Crippen molar-refractivity contribution in [2.24, 2.45) is 0 Å². The number of benzene rings is 1. The van der Waals surface area contributed by atoms with Crippen molar-refractivity contribution < 1.29 is 9.90 Å². The highest BCUT2D eigenvalue weighted by Crippen LogP contribution is 2.09. The number of rotatable bonds is 5. The number of aliphatic hydroxyl groups is 1. The van der Waals surface area contributed by atoms with E-state index in [0.29, 0.717) is 18.7 Å². The summed E-state index contributed by atoms with van der Waals surface area (Å²) in [6.07, 6.45) is 2.68. The summed E-state index contributed by atoms with van der Waals surface area (Å²) < 4.78 is 0. The number of aryl methyl sites for hydroxylation is 2. The zero-order valence-corrected chi connectivity index (χ0v) is 11.5. The lowest BCUT2D eigenvalue weighted by Gasteiger charge is -2.06. The topological polar surface area (TPSA) is 62.2 Å². The third kappa shape index (κ3) is 4.17. The second-order valence-electron chi connectivity index (χ2n) is 4.74. The van der Waals surface area contributed by atoms with E-state index in [4.69, 9.17) is 5.11 Å². The number of aliphatic hydroxyl groups excluding tert-OH is 1. The molecule has 1 aromatic carbocycles. The second-order valence-corrected chi connectivity index (χ2v) is 4.74. The molecule has 4 heteroatoms. The van der Waals surface area contributed by atoms with Crippen LogP contribution >= 0.6 is 0 Å². The van der Waals surface area contributed by atoms with E-state index in [2.05, 4.69) is 10.3 Å². The average Bonchev–Trinajstić information content (AvgIpc) is 2.47. The number of aromatic nitrogens is 1. The Balaban J connectivity index is 1.87. The monoisotopic (exact) mass is 270 g/mol. The number of pyridine rings is 1. The van der Waals surface area contributed by atoms with Gasteiger partial charge in [0.15, 0.2) is 0 Å². The van der Waals surface area contributed by atoms with E-state index >= 15 is 0 Å². The number of hydrogen-bond donors (Lipinski definition) is 2. The van der Waals surface area contributed by atoms with Gasteiger partial charge in [-0.05, 0) is 36.6 Å². The predicted octanol–water partition coefficient (Wildman–Crippen LogP) is 2.45. The van der Waals surface area contributed by atoms with Gasteiger partial charge in [-0.2, -0.15) is 0 Å². The third-order valence-electron chi connectivity index (χ3n) is 3.04. The van der Waals surface area contributed by atoms with Gasteiger partial charge in [-0.3, -0.25) is 4.79 Å². The Morgan fingerprint density at radius 3 is 2.65 bits per heavy atom. The molecule has 0 saturated heterocycles. The van der Waals surface area contributed by atoms with Crippen LogP contribution in [0.25, 0.3) is 0 Å². The maximum atomic E-state index is 11.8. The molecule has 0 radical (unpaired) electrons. The zero-order chi connectivity index (χ0) is 14.4. The van der Waals surface area contributed by atoms with Crippen LogP contribution in [0.15, 0.2) is 42.6 Å². The van der Waals surface area contributed by atoms with E-state index in [0.717, 1.165) is 11.1 Å². The smallest absolute Gasteiger partial charge is 0.225 e. The van der Waals surface area contributed by atoms with Crippen molar-refractivity contribution in [2.45, 2.75) is 26.4 Å². The molecule has 0 aliphatic rings. The van der Waals surface area contributed by atoms with Crippen LogP contribution in [0.2, 0.25) is 0 Å². The Kier molecular flexibility index (Phi) is 4.85. The predicted molar refractivity (Wildman–Crippen MR) is 78.3 cm³/mol. The van der Waals surface area contributed by atoms with Gasteiger partial charge < -0.3 is 10.4 Å². The normalized spacial score (nSPS) is 10.3. The average molecular weight is 270 g/mol. The van der Waals surface area contributed by atoms with E-state index in [1.54, 1.807) is 18.3 Å². The Morgan fingerprint density at radius 1 is 1.20 bits per heavy atom. The lowest BCUT2D eigenvalue weighted by Crippen LogP contribution is -2.13. The lowest BCUT2D eigenvalue weighted by atomic mass is 10.1. The van der Waals surface area contributed by atoms with Crippen LogP contribution in [0.3, 0.4) is 0 Å². The van der Waals surface area contributed by atoms with Gasteiger partial charge in [0.05, 0.1) is 6.61 Å². The van der Waals surface area contributed by atoms with Crippen LogP contribution < -0.4 is 5.32 Å². The summed E-state index contributed by atoms with van der Waals surface area (Å²) in [5.74, 6) is 0.402. The van der Waals surface area contributed by atoms with Gasteiger partial charge in [-0.15, -0.1) is 0 Å². The number of carbonyl (C=O) groups excluding carboxylic acids is 1. The summed E-state index contributed by atoms with van der Waals surface area (Å²) >= 11 is 0. The first kappa shape index (κ1) is 14.2. The maximum absolute atomic E-state index is 11.8. The zero-order valence-electron chi connectivity index (χ0n) is 11.5. The van der Waals surface area contributed by atoms with Gasteiger partial charge in [0.1, 0.15) is 5.82 Å². The minimum atomic E-state index is -0.0758. The Morgan fingerprint density at radius 2 is 1.95 bits per heavy atom. The molecule has 0 unspecified atom stereocenters. The molecule has 2 aromatic rings. The molecule has 0 aliphatic heterocycles. The minimum absolute atomic E-state index is 0.0608. The van der Waals surface area contributed by atoms with Gasteiger partial charge in [0.2, 0.25) is 5.91 Å². The standard InChI is InChI=1S/C16H18N2O2/c1-12-2-4-13(5-3-12)6-7-16(20)18-15-10-14(11-19)8-9-17-15/h2-5,8-10,19H,6-7,11H2,1H3,(H,17,18,20). The molecule has 0 saturated carbocycles. The van der Waals surface area contributed by atoms with Crippen LogP contribution in [0.5, 0.6) is 0 Å². The number of nitrogens with zero attached hydrogens (tertiary/aromatic N) is 1. The first-order chi connectivity index (χ1) is 9.67. The highest BCUT2D eigenvalue weighted by Gasteiger charge is 2.04. The van der Waals surface area contributed by atoms with E-state index in [9.17, 15) is 4.79 Å². The molecule has 4 nitrogen and oxygen atoms in total. The maximum Gasteiger partial charge on any atom is 0.225 e.